The highest BCUT2D eigenvalue weighted by atomic mass is 16.5. The van der Waals surface area contributed by atoms with Crippen LogP contribution < -0.4 is 18.9 Å². The molecule has 0 fully saturated rings. The smallest absolute Gasteiger partial charge is 0.161 e. The normalized spacial score (nSPS) is 21.0. The van der Waals surface area contributed by atoms with Gasteiger partial charge in [0.05, 0.1) is 52.1 Å². The van der Waals surface area contributed by atoms with Crippen molar-refractivity contribution in [3.8, 4) is 29.1 Å². The van der Waals surface area contributed by atoms with Crippen molar-refractivity contribution in [1.29, 1.82) is 5.26 Å². The lowest BCUT2D eigenvalue weighted by Crippen LogP contribution is -2.32. The van der Waals surface area contributed by atoms with E-state index < -0.39 is 80.7 Å². The monoisotopic (exact) mass is 469 g/mol. The average molecular weight is 470 g/mol. The standard InChI is InChI=1S/C27H38N2O4/c1-20(2)27(19-28,22-10-12-24(31-5)26(18-22)33-7)14-8-15-29(3)16-13-21-9-11-23(30-4)25(17-21)32-6/h9-12,17-18,20H,8,13-16H2,1-7H3/i1D3,2D3,5D3,7D3,10D,12D,18D. The lowest BCUT2D eigenvalue weighted by Gasteiger charge is -2.32. The van der Waals surface area contributed by atoms with Gasteiger partial charge in [-0.1, -0.05) is 25.8 Å². The van der Waals surface area contributed by atoms with E-state index in [1.54, 1.807) is 25.2 Å². The second-order valence-electron chi connectivity index (χ2n) is 7.47. The molecule has 0 spiro atoms. The summed E-state index contributed by atoms with van der Waals surface area (Å²) in [5.74, 6) is -3.76. The first kappa shape index (κ1) is 12.0. The molecule has 0 heterocycles. The zero-order valence-electron chi connectivity index (χ0n) is 33.9. The number of ether oxygens (including phenoxy) is 4. The lowest BCUT2D eigenvalue weighted by atomic mass is 9.69. The van der Waals surface area contributed by atoms with Crippen molar-refractivity contribution in [2.75, 3.05) is 48.4 Å². The number of likely N-dealkylation sites (N-methyl/N-ethyl adjacent to an activating group) is 1. The molecule has 6 nitrogen and oxygen atoms in total. The molecule has 0 N–H and O–H groups in total. The summed E-state index contributed by atoms with van der Waals surface area (Å²) in [6.07, 6.45) is -0.0759. The summed E-state index contributed by atoms with van der Waals surface area (Å²) in [4.78, 5) is 1.83. The van der Waals surface area contributed by atoms with Gasteiger partial charge in [0.2, 0.25) is 0 Å². The van der Waals surface area contributed by atoms with Crippen molar-refractivity contribution >= 4 is 0 Å². The van der Waals surface area contributed by atoms with Crippen LogP contribution in [0.3, 0.4) is 0 Å². The fourth-order valence-electron chi connectivity index (χ4n) is 3.43. The van der Waals surface area contributed by atoms with Crippen LogP contribution in [0.5, 0.6) is 23.0 Å². The molecule has 2 aromatic rings. The van der Waals surface area contributed by atoms with E-state index in [9.17, 15) is 5.26 Å². The van der Waals surface area contributed by atoms with Crippen LogP contribution in [0.1, 0.15) is 58.2 Å². The van der Waals surface area contributed by atoms with Gasteiger partial charge in [0.25, 0.3) is 0 Å². The third kappa shape index (κ3) is 6.33. The molecule has 2 aromatic carbocycles. The molecule has 180 valence electrons. The molecule has 2 rings (SSSR count). The van der Waals surface area contributed by atoms with Gasteiger partial charge < -0.3 is 23.8 Å². The van der Waals surface area contributed by atoms with Gasteiger partial charge in [0, 0.05) is 14.8 Å². The van der Waals surface area contributed by atoms with Gasteiger partial charge in [-0.15, -0.1) is 0 Å². The maximum absolute atomic E-state index is 10.7. The summed E-state index contributed by atoms with van der Waals surface area (Å²) < 4.78 is 140. The Hall–Kier alpha value is -2.91. The van der Waals surface area contributed by atoms with Crippen molar-refractivity contribution in [2.24, 2.45) is 5.92 Å². The average Bonchev–Trinajstić information content (AvgIpc) is 2.93. The Labute approximate surface area is 220 Å². The molecule has 6 heteroatoms. The second-order valence-corrected chi connectivity index (χ2v) is 7.47. The number of rotatable bonds is 13. The number of benzene rings is 2. The Morgan fingerprint density at radius 1 is 1.03 bits per heavy atom. The largest absolute Gasteiger partial charge is 0.493 e. The van der Waals surface area contributed by atoms with Gasteiger partial charge in [0.1, 0.15) is 0 Å². The van der Waals surface area contributed by atoms with E-state index in [-0.39, 0.29) is 13.0 Å². The van der Waals surface area contributed by atoms with Gasteiger partial charge in [0.15, 0.2) is 23.0 Å². The van der Waals surface area contributed by atoms with Crippen LogP contribution in [0, 0.1) is 17.2 Å². The molecule has 0 aliphatic rings. The summed E-state index contributed by atoms with van der Waals surface area (Å²) >= 11 is 0. The van der Waals surface area contributed by atoms with Crippen LogP contribution in [-0.4, -0.2) is 53.3 Å². The number of hydrogen-bond donors (Lipinski definition) is 0. The lowest BCUT2D eigenvalue weighted by molar-refractivity contribution is 0.292. The van der Waals surface area contributed by atoms with Gasteiger partial charge in [-0.3, -0.25) is 0 Å². The number of nitrogens with zero attached hydrogens (tertiary/aromatic N) is 2. The molecule has 0 aromatic heterocycles. The first-order valence-corrected chi connectivity index (χ1v) is 10.2. The van der Waals surface area contributed by atoms with E-state index in [1.807, 2.05) is 11.0 Å². The topological polar surface area (TPSA) is 64.0 Å². The summed E-state index contributed by atoms with van der Waals surface area (Å²) in [7, 11) is -1.93. The molecular weight excluding hydrogens is 416 g/mol. The molecule has 0 bridgehead atoms. The van der Waals surface area contributed by atoms with Crippen molar-refractivity contribution in [3.05, 3.63) is 47.5 Å². The minimum atomic E-state index is -3.39. The second kappa shape index (κ2) is 12.4. The van der Waals surface area contributed by atoms with E-state index in [1.165, 1.54) is 14.2 Å². The Balaban J connectivity index is 2.69. The van der Waals surface area contributed by atoms with Crippen molar-refractivity contribution in [3.63, 3.8) is 0 Å². The highest BCUT2D eigenvalue weighted by Crippen LogP contribution is 2.40. The van der Waals surface area contributed by atoms with Crippen LogP contribution in [0.15, 0.2) is 36.3 Å². The van der Waals surface area contributed by atoms with Crippen molar-refractivity contribution < 1.29 is 39.5 Å². The highest BCUT2D eigenvalue weighted by molar-refractivity contribution is 5.47. The molecule has 0 saturated carbocycles. The molecule has 1 unspecified atom stereocenters. The molecule has 0 radical (unpaired) electrons. The third-order valence-corrected chi connectivity index (χ3v) is 5.43. The van der Waals surface area contributed by atoms with Crippen LogP contribution in [0.4, 0.5) is 0 Å². The number of nitriles is 1. The van der Waals surface area contributed by atoms with Crippen LogP contribution in [-0.2, 0) is 11.8 Å². The highest BCUT2D eigenvalue weighted by Gasteiger charge is 2.36. The third-order valence-electron chi connectivity index (χ3n) is 5.43. The fourth-order valence-corrected chi connectivity index (χ4v) is 3.43. The van der Waals surface area contributed by atoms with E-state index in [4.69, 9.17) is 39.5 Å². The minimum Gasteiger partial charge on any atom is -0.493 e. The van der Waals surface area contributed by atoms with Crippen LogP contribution in [0.2, 0.25) is 0 Å². The van der Waals surface area contributed by atoms with Crippen LogP contribution in [0.25, 0.3) is 0 Å². The van der Waals surface area contributed by atoms with Gasteiger partial charge in [-0.05, 0) is 74.1 Å². The summed E-state index contributed by atoms with van der Waals surface area (Å²) in [5, 5.41) is 10.7. The Morgan fingerprint density at radius 3 is 2.45 bits per heavy atom. The first-order chi connectivity index (χ1) is 21.8. The molecule has 0 amide bonds. The predicted octanol–water partition coefficient (Wildman–Crippen LogP) is 5.09. The number of hydrogen-bond acceptors (Lipinski definition) is 6. The van der Waals surface area contributed by atoms with E-state index in [2.05, 4.69) is 0 Å². The summed E-state index contributed by atoms with van der Waals surface area (Å²) in [6.45, 7) is -6.14. The molecule has 0 aliphatic carbocycles. The van der Waals surface area contributed by atoms with Crippen molar-refractivity contribution in [1.82, 2.24) is 4.90 Å². The maximum Gasteiger partial charge on any atom is 0.161 e. The van der Waals surface area contributed by atoms with E-state index in [0.29, 0.717) is 24.5 Å². The zero-order chi connectivity index (χ0) is 37.0. The van der Waals surface area contributed by atoms with Gasteiger partial charge in [-0.25, -0.2) is 0 Å². The fraction of sp³-hybridized carbons (Fsp3) is 0.519. The Kier molecular flexibility index (Phi) is 4.49. The molecule has 0 aliphatic heterocycles. The Bertz CT molecular complexity index is 1450. The first-order valence-electron chi connectivity index (χ1n) is 17.7. The van der Waals surface area contributed by atoms with Crippen molar-refractivity contribution in [2.45, 2.75) is 38.4 Å². The Morgan fingerprint density at radius 2 is 1.79 bits per heavy atom. The summed E-state index contributed by atoms with van der Waals surface area (Å²) in [6, 6.07) is 3.73. The van der Waals surface area contributed by atoms with E-state index in [0.717, 1.165) is 5.56 Å². The van der Waals surface area contributed by atoms with Gasteiger partial charge in [-0.2, -0.15) is 5.26 Å². The predicted molar refractivity (Wildman–Crippen MR) is 132 cm³/mol. The van der Waals surface area contributed by atoms with E-state index >= 15 is 0 Å². The molecule has 33 heavy (non-hydrogen) atoms. The number of methoxy groups -OCH3 is 4. The quantitative estimate of drug-likeness (QED) is 0.407. The maximum atomic E-state index is 10.7. The minimum absolute atomic E-state index is 0.0478. The van der Waals surface area contributed by atoms with Gasteiger partial charge >= 0.3 is 0 Å². The van der Waals surface area contributed by atoms with Crippen LogP contribution >= 0.6 is 0 Å². The summed E-state index contributed by atoms with van der Waals surface area (Å²) in [5.41, 5.74) is -2.72. The molecule has 0 saturated heterocycles. The zero-order valence-corrected chi connectivity index (χ0v) is 18.9. The molecule has 1 atom stereocenters. The molecular formula is C27H38N2O4. The SMILES string of the molecule is [2H]c1c([2H])c(C(C#N)(CCCN(C)CCc2ccc(OC)c(OC)c2)C(C([2H])([2H])[2H])C([2H])([2H])[2H])c([2H])c(OC([2H])([2H])[2H])c1OC([2H])([2H])[2H].